The highest BCUT2D eigenvalue weighted by Gasteiger charge is 2.09. The number of hydrogen-bond acceptors (Lipinski definition) is 5. The summed E-state index contributed by atoms with van der Waals surface area (Å²) in [7, 11) is 0. The van der Waals surface area contributed by atoms with E-state index in [0.29, 0.717) is 17.3 Å². The van der Waals surface area contributed by atoms with Gasteiger partial charge >= 0.3 is 0 Å². The van der Waals surface area contributed by atoms with Crippen LogP contribution >= 0.6 is 12.2 Å². The van der Waals surface area contributed by atoms with Gasteiger partial charge in [0.25, 0.3) is 5.95 Å². The minimum absolute atomic E-state index is 0.192. The Labute approximate surface area is 144 Å². The minimum Gasteiger partial charge on any atom is -0.492 e. The van der Waals surface area contributed by atoms with Gasteiger partial charge in [0.05, 0.1) is 6.20 Å². The molecule has 3 aromatic rings. The zero-order valence-electron chi connectivity index (χ0n) is 12.8. The van der Waals surface area contributed by atoms with E-state index < -0.39 is 0 Å². The standard InChI is InChI=1S/C16H16N6OS/c23-14-13(11-18-15(21-14)22-10-4-8-19-22)20-16(24)17-9-7-12-5-2-1-3-6-12/h1-6,8,10-11H,7,9H2,(H2,17,20,24)(H,18,21,23). The summed E-state index contributed by atoms with van der Waals surface area (Å²) in [6.45, 7) is 0.683. The number of aromatic nitrogens is 4. The maximum Gasteiger partial charge on any atom is 0.253 e. The van der Waals surface area contributed by atoms with Crippen molar-refractivity contribution >= 4 is 23.0 Å². The molecule has 122 valence electrons. The van der Waals surface area contributed by atoms with Crippen LogP contribution in [-0.4, -0.2) is 36.5 Å². The molecule has 1 aromatic carbocycles. The summed E-state index contributed by atoms with van der Waals surface area (Å²) >= 11 is 5.22. The van der Waals surface area contributed by atoms with Crippen LogP contribution < -0.4 is 10.6 Å². The first kappa shape index (κ1) is 15.9. The first-order valence-corrected chi connectivity index (χ1v) is 7.78. The van der Waals surface area contributed by atoms with E-state index in [0.717, 1.165) is 6.42 Å². The molecule has 2 heterocycles. The topological polar surface area (TPSA) is 87.9 Å². The SMILES string of the molecule is Oc1nc(-n2cccn2)ncc1NC(=S)NCCc1ccccc1. The van der Waals surface area contributed by atoms with Gasteiger partial charge in [-0.1, -0.05) is 30.3 Å². The molecule has 0 saturated carbocycles. The van der Waals surface area contributed by atoms with Crippen molar-refractivity contribution in [1.82, 2.24) is 25.1 Å². The second-order valence-electron chi connectivity index (χ2n) is 4.97. The minimum atomic E-state index is -0.192. The van der Waals surface area contributed by atoms with Crippen LogP contribution in [0.5, 0.6) is 5.88 Å². The van der Waals surface area contributed by atoms with Gasteiger partial charge < -0.3 is 15.7 Å². The second kappa shape index (κ2) is 7.51. The van der Waals surface area contributed by atoms with E-state index in [1.54, 1.807) is 18.5 Å². The Bertz CT molecular complexity index is 807. The van der Waals surface area contributed by atoms with Gasteiger partial charge in [-0.15, -0.1) is 0 Å². The highest BCUT2D eigenvalue weighted by atomic mass is 32.1. The third kappa shape index (κ3) is 4.05. The van der Waals surface area contributed by atoms with Gasteiger partial charge in [0.15, 0.2) is 5.11 Å². The first-order valence-electron chi connectivity index (χ1n) is 7.37. The average Bonchev–Trinajstić information content (AvgIpc) is 3.12. The van der Waals surface area contributed by atoms with Crippen LogP contribution in [0.3, 0.4) is 0 Å². The van der Waals surface area contributed by atoms with Crippen molar-refractivity contribution < 1.29 is 5.11 Å². The van der Waals surface area contributed by atoms with Gasteiger partial charge in [-0.3, -0.25) is 0 Å². The summed E-state index contributed by atoms with van der Waals surface area (Å²) in [5.41, 5.74) is 1.56. The number of nitrogens with one attached hydrogen (secondary N) is 2. The Morgan fingerprint density at radius 1 is 1.21 bits per heavy atom. The number of benzene rings is 1. The molecule has 3 rings (SSSR count). The maximum atomic E-state index is 10.0. The Balaban J connectivity index is 1.54. The molecule has 7 nitrogen and oxygen atoms in total. The molecule has 0 radical (unpaired) electrons. The van der Waals surface area contributed by atoms with Crippen LogP contribution in [0.1, 0.15) is 5.56 Å². The number of hydrogen-bond donors (Lipinski definition) is 3. The first-order chi connectivity index (χ1) is 11.7. The molecule has 0 atom stereocenters. The molecule has 3 N–H and O–H groups in total. The highest BCUT2D eigenvalue weighted by molar-refractivity contribution is 7.80. The third-order valence-electron chi connectivity index (χ3n) is 3.26. The summed E-state index contributed by atoms with van der Waals surface area (Å²) in [6.07, 6.45) is 5.61. The lowest BCUT2D eigenvalue weighted by molar-refractivity contribution is 0.452. The van der Waals surface area contributed by atoms with Crippen molar-refractivity contribution in [3.05, 3.63) is 60.6 Å². The normalized spacial score (nSPS) is 10.3. The predicted octanol–water partition coefficient (Wildman–Crippen LogP) is 1.90. The number of nitrogens with zero attached hydrogens (tertiary/aromatic N) is 4. The zero-order chi connectivity index (χ0) is 16.8. The van der Waals surface area contributed by atoms with E-state index in [4.69, 9.17) is 12.2 Å². The Morgan fingerprint density at radius 2 is 2.04 bits per heavy atom. The maximum absolute atomic E-state index is 10.0. The summed E-state index contributed by atoms with van der Waals surface area (Å²) < 4.78 is 1.46. The molecule has 0 bridgehead atoms. The molecular weight excluding hydrogens is 324 g/mol. The summed E-state index contributed by atoms with van der Waals surface area (Å²) in [4.78, 5) is 8.13. The molecule has 0 fully saturated rings. The quantitative estimate of drug-likeness (QED) is 0.611. The van der Waals surface area contributed by atoms with Crippen molar-refractivity contribution in [3.63, 3.8) is 0 Å². The summed E-state index contributed by atoms with van der Waals surface area (Å²) in [5, 5.41) is 20.4. The molecule has 0 aliphatic heterocycles. The van der Waals surface area contributed by atoms with Crippen molar-refractivity contribution in [3.8, 4) is 11.8 Å². The van der Waals surface area contributed by atoms with Crippen molar-refractivity contribution in [2.24, 2.45) is 0 Å². The smallest absolute Gasteiger partial charge is 0.253 e. The van der Waals surface area contributed by atoms with E-state index in [1.807, 2.05) is 18.2 Å². The Hall–Kier alpha value is -3.00. The van der Waals surface area contributed by atoms with Crippen LogP contribution in [-0.2, 0) is 6.42 Å². The van der Waals surface area contributed by atoms with Crippen LogP contribution in [0.4, 0.5) is 5.69 Å². The fourth-order valence-electron chi connectivity index (χ4n) is 2.08. The van der Waals surface area contributed by atoms with Gasteiger partial charge in [0.1, 0.15) is 5.69 Å². The van der Waals surface area contributed by atoms with Crippen molar-refractivity contribution in [1.29, 1.82) is 0 Å². The lowest BCUT2D eigenvalue weighted by atomic mass is 10.1. The van der Waals surface area contributed by atoms with E-state index >= 15 is 0 Å². The zero-order valence-corrected chi connectivity index (χ0v) is 13.6. The molecular formula is C16H16N6OS. The number of aromatic hydroxyl groups is 1. The molecule has 8 heteroatoms. The fourth-order valence-corrected chi connectivity index (χ4v) is 2.29. The van der Waals surface area contributed by atoms with Crippen LogP contribution in [0.25, 0.3) is 5.95 Å². The lowest BCUT2D eigenvalue weighted by Crippen LogP contribution is -2.30. The Kier molecular flexibility index (Phi) is 4.97. The van der Waals surface area contributed by atoms with Crippen LogP contribution in [0.2, 0.25) is 0 Å². The summed E-state index contributed by atoms with van der Waals surface area (Å²) in [6, 6.07) is 11.9. The largest absolute Gasteiger partial charge is 0.492 e. The van der Waals surface area contributed by atoms with Gasteiger partial charge in [0.2, 0.25) is 5.88 Å². The predicted molar refractivity (Wildman–Crippen MR) is 95.2 cm³/mol. The van der Waals surface area contributed by atoms with E-state index in [1.165, 1.54) is 16.4 Å². The van der Waals surface area contributed by atoms with Gasteiger partial charge in [-0.05, 0) is 30.3 Å². The van der Waals surface area contributed by atoms with Crippen molar-refractivity contribution in [2.75, 3.05) is 11.9 Å². The molecule has 0 spiro atoms. The second-order valence-corrected chi connectivity index (χ2v) is 5.38. The molecule has 24 heavy (non-hydrogen) atoms. The van der Waals surface area contributed by atoms with E-state index in [9.17, 15) is 5.11 Å². The lowest BCUT2D eigenvalue weighted by Gasteiger charge is -2.11. The molecule has 0 aliphatic rings. The molecule has 0 unspecified atom stereocenters. The molecule has 0 aliphatic carbocycles. The van der Waals surface area contributed by atoms with Crippen LogP contribution in [0.15, 0.2) is 55.0 Å². The van der Waals surface area contributed by atoms with Gasteiger partial charge in [-0.2, -0.15) is 10.1 Å². The third-order valence-corrected chi connectivity index (χ3v) is 3.50. The molecule has 2 aromatic heterocycles. The number of thiocarbonyl (C=S) groups is 1. The van der Waals surface area contributed by atoms with Crippen molar-refractivity contribution in [2.45, 2.75) is 6.42 Å². The van der Waals surface area contributed by atoms with E-state index in [-0.39, 0.29) is 11.8 Å². The average molecular weight is 340 g/mol. The van der Waals surface area contributed by atoms with Crippen LogP contribution in [0, 0.1) is 0 Å². The van der Waals surface area contributed by atoms with Gasteiger partial charge in [-0.25, -0.2) is 9.67 Å². The molecule has 0 saturated heterocycles. The highest BCUT2D eigenvalue weighted by Crippen LogP contribution is 2.19. The fraction of sp³-hybridized carbons (Fsp3) is 0.125. The monoisotopic (exact) mass is 340 g/mol. The number of rotatable bonds is 5. The van der Waals surface area contributed by atoms with Gasteiger partial charge in [0, 0.05) is 18.9 Å². The molecule has 0 amide bonds. The number of anilines is 1. The Morgan fingerprint density at radius 3 is 2.75 bits per heavy atom. The summed E-state index contributed by atoms with van der Waals surface area (Å²) in [5.74, 6) is 0.0914. The van der Waals surface area contributed by atoms with E-state index in [2.05, 4.69) is 37.8 Å².